The van der Waals surface area contributed by atoms with Crippen molar-refractivity contribution in [3.8, 4) is 0 Å². The summed E-state index contributed by atoms with van der Waals surface area (Å²) in [6.45, 7) is 6.09. The van der Waals surface area contributed by atoms with Gasteiger partial charge in [0.1, 0.15) is 12.6 Å². The SMILES string of the molecule is CC[C@H](C)NC(=O)[C@@H](Cc1ccccc1)N(Cc1ccccc1C)C(=O)CN1C(=O)c2cccc3cccc1c23. The minimum atomic E-state index is -0.751. The second-order valence-corrected chi connectivity index (χ2v) is 10.5. The van der Waals surface area contributed by atoms with Gasteiger partial charge in [-0.1, -0.05) is 85.8 Å². The molecule has 0 unspecified atom stereocenters. The van der Waals surface area contributed by atoms with E-state index in [9.17, 15) is 14.4 Å². The summed E-state index contributed by atoms with van der Waals surface area (Å²) in [5.41, 5.74) is 4.29. The van der Waals surface area contributed by atoms with Gasteiger partial charge in [0.15, 0.2) is 0 Å². The van der Waals surface area contributed by atoms with Crippen molar-refractivity contribution in [1.29, 1.82) is 0 Å². The minimum Gasteiger partial charge on any atom is -0.352 e. The van der Waals surface area contributed by atoms with E-state index in [1.54, 1.807) is 9.80 Å². The van der Waals surface area contributed by atoms with Crippen LogP contribution in [0, 0.1) is 6.92 Å². The van der Waals surface area contributed by atoms with Gasteiger partial charge < -0.3 is 10.2 Å². The van der Waals surface area contributed by atoms with Crippen LogP contribution in [0.3, 0.4) is 0 Å². The predicted octanol–water partition coefficient (Wildman–Crippen LogP) is 5.66. The summed E-state index contributed by atoms with van der Waals surface area (Å²) in [6.07, 6.45) is 1.14. The summed E-state index contributed by atoms with van der Waals surface area (Å²) in [6, 6.07) is 28.3. The molecular formula is C34H35N3O3. The molecule has 0 spiro atoms. The highest BCUT2D eigenvalue weighted by molar-refractivity contribution is 6.26. The third kappa shape index (κ3) is 5.48. The van der Waals surface area contributed by atoms with Gasteiger partial charge in [-0.2, -0.15) is 0 Å². The van der Waals surface area contributed by atoms with Gasteiger partial charge in [0.25, 0.3) is 5.91 Å². The highest BCUT2D eigenvalue weighted by atomic mass is 16.2. The van der Waals surface area contributed by atoms with Crippen LogP contribution in [0.15, 0.2) is 91.0 Å². The minimum absolute atomic E-state index is 0.0338. The van der Waals surface area contributed by atoms with E-state index in [1.807, 2.05) is 112 Å². The lowest BCUT2D eigenvalue weighted by atomic mass is 10.0. The molecule has 1 aliphatic rings. The van der Waals surface area contributed by atoms with Gasteiger partial charge in [-0.05, 0) is 54.5 Å². The Morgan fingerprint density at radius 2 is 1.60 bits per heavy atom. The Morgan fingerprint density at radius 3 is 2.33 bits per heavy atom. The number of amides is 3. The Labute approximate surface area is 235 Å². The molecule has 0 saturated carbocycles. The number of carbonyl (C=O) groups excluding carboxylic acids is 3. The Morgan fingerprint density at radius 1 is 0.900 bits per heavy atom. The van der Waals surface area contributed by atoms with Crippen molar-refractivity contribution in [2.75, 3.05) is 11.4 Å². The van der Waals surface area contributed by atoms with Crippen LogP contribution in [-0.4, -0.2) is 41.2 Å². The Kier molecular flexibility index (Phi) is 7.96. The van der Waals surface area contributed by atoms with Gasteiger partial charge in [0.05, 0.1) is 5.69 Å². The topological polar surface area (TPSA) is 69.7 Å². The smallest absolute Gasteiger partial charge is 0.259 e. The number of aryl methyl sites for hydroxylation is 1. The molecule has 0 bridgehead atoms. The first-order chi connectivity index (χ1) is 19.4. The first-order valence-corrected chi connectivity index (χ1v) is 13.9. The van der Waals surface area contributed by atoms with E-state index in [0.717, 1.165) is 39.6 Å². The van der Waals surface area contributed by atoms with Gasteiger partial charge in [0.2, 0.25) is 11.8 Å². The number of nitrogens with zero attached hydrogens (tertiary/aromatic N) is 2. The zero-order valence-electron chi connectivity index (χ0n) is 23.3. The summed E-state index contributed by atoms with van der Waals surface area (Å²) >= 11 is 0. The molecule has 0 aliphatic carbocycles. The number of nitrogens with one attached hydrogen (secondary N) is 1. The predicted molar refractivity (Wildman–Crippen MR) is 159 cm³/mol. The van der Waals surface area contributed by atoms with Crippen LogP contribution >= 0.6 is 0 Å². The van der Waals surface area contributed by atoms with Crippen molar-refractivity contribution in [3.05, 3.63) is 113 Å². The molecule has 4 aromatic rings. The third-order valence-electron chi connectivity index (χ3n) is 7.82. The van der Waals surface area contributed by atoms with E-state index in [2.05, 4.69) is 5.32 Å². The van der Waals surface area contributed by atoms with E-state index >= 15 is 0 Å². The first-order valence-electron chi connectivity index (χ1n) is 13.9. The van der Waals surface area contributed by atoms with Crippen molar-refractivity contribution in [2.45, 2.75) is 52.2 Å². The molecule has 2 atom stereocenters. The molecule has 40 heavy (non-hydrogen) atoms. The first kappa shape index (κ1) is 27.1. The maximum absolute atomic E-state index is 14.3. The second-order valence-electron chi connectivity index (χ2n) is 10.5. The van der Waals surface area contributed by atoms with Crippen LogP contribution in [0.2, 0.25) is 0 Å². The number of hydrogen-bond donors (Lipinski definition) is 1. The van der Waals surface area contributed by atoms with Crippen molar-refractivity contribution in [3.63, 3.8) is 0 Å². The summed E-state index contributed by atoms with van der Waals surface area (Å²) in [5, 5.41) is 4.93. The van der Waals surface area contributed by atoms with E-state index in [-0.39, 0.29) is 36.9 Å². The molecule has 1 N–H and O–H groups in total. The van der Waals surface area contributed by atoms with E-state index in [4.69, 9.17) is 0 Å². The van der Waals surface area contributed by atoms with Crippen LogP contribution < -0.4 is 10.2 Å². The number of benzene rings is 4. The third-order valence-corrected chi connectivity index (χ3v) is 7.82. The molecule has 0 aromatic heterocycles. The van der Waals surface area contributed by atoms with Crippen LogP contribution in [0.5, 0.6) is 0 Å². The number of hydrogen-bond acceptors (Lipinski definition) is 3. The number of anilines is 1. The van der Waals surface area contributed by atoms with E-state index < -0.39 is 6.04 Å². The van der Waals surface area contributed by atoms with Gasteiger partial charge >= 0.3 is 0 Å². The van der Waals surface area contributed by atoms with Crippen LogP contribution in [0.25, 0.3) is 10.8 Å². The van der Waals surface area contributed by atoms with Gasteiger partial charge in [-0.3, -0.25) is 19.3 Å². The normalized spacial score (nSPS) is 13.8. The Hall–Kier alpha value is -4.45. The molecule has 204 valence electrons. The molecule has 6 nitrogen and oxygen atoms in total. The van der Waals surface area contributed by atoms with Crippen molar-refractivity contribution < 1.29 is 14.4 Å². The molecule has 0 fully saturated rings. The Balaban J connectivity index is 1.52. The fourth-order valence-electron chi connectivity index (χ4n) is 5.33. The largest absolute Gasteiger partial charge is 0.352 e. The molecular weight excluding hydrogens is 498 g/mol. The molecule has 0 radical (unpaired) electrons. The van der Waals surface area contributed by atoms with Crippen molar-refractivity contribution in [1.82, 2.24) is 10.2 Å². The van der Waals surface area contributed by atoms with Crippen molar-refractivity contribution >= 4 is 34.2 Å². The average molecular weight is 534 g/mol. The lowest BCUT2D eigenvalue weighted by molar-refractivity contribution is -0.140. The summed E-state index contributed by atoms with van der Waals surface area (Å²) in [7, 11) is 0. The lowest BCUT2D eigenvalue weighted by Gasteiger charge is -2.34. The standard InChI is InChI=1S/C34H35N3O3/c1-4-24(3)35-33(39)30(20-25-13-6-5-7-14-25)36(21-27-15-9-8-12-23(27)2)31(38)22-37-29-19-11-17-26-16-10-18-28(32(26)29)34(37)40/h5-19,24,30H,4,20-22H2,1-3H3,(H,35,39)/t24-,30+/m0/s1. The molecule has 5 rings (SSSR count). The van der Waals surface area contributed by atoms with Gasteiger partial charge in [-0.25, -0.2) is 0 Å². The zero-order valence-corrected chi connectivity index (χ0v) is 23.3. The molecule has 3 amide bonds. The molecule has 6 heteroatoms. The quantitative estimate of drug-likeness (QED) is 0.286. The lowest BCUT2D eigenvalue weighted by Crippen LogP contribution is -2.54. The van der Waals surface area contributed by atoms with Crippen LogP contribution in [0.4, 0.5) is 5.69 Å². The molecule has 4 aromatic carbocycles. The maximum atomic E-state index is 14.3. The summed E-state index contributed by atoms with van der Waals surface area (Å²) in [5.74, 6) is -0.667. The van der Waals surface area contributed by atoms with E-state index in [0.29, 0.717) is 12.0 Å². The monoisotopic (exact) mass is 533 g/mol. The van der Waals surface area contributed by atoms with Crippen LogP contribution in [0.1, 0.15) is 47.3 Å². The van der Waals surface area contributed by atoms with Crippen LogP contribution in [-0.2, 0) is 22.6 Å². The summed E-state index contributed by atoms with van der Waals surface area (Å²) < 4.78 is 0. The number of rotatable bonds is 10. The molecule has 1 aliphatic heterocycles. The molecule has 0 saturated heterocycles. The fourth-order valence-corrected chi connectivity index (χ4v) is 5.33. The van der Waals surface area contributed by atoms with Gasteiger partial charge in [0, 0.05) is 30.0 Å². The van der Waals surface area contributed by atoms with E-state index in [1.165, 1.54) is 0 Å². The highest BCUT2D eigenvalue weighted by Crippen LogP contribution is 2.37. The highest BCUT2D eigenvalue weighted by Gasteiger charge is 2.36. The maximum Gasteiger partial charge on any atom is 0.259 e. The zero-order chi connectivity index (χ0) is 28.2. The molecule has 1 heterocycles. The summed E-state index contributed by atoms with van der Waals surface area (Å²) in [4.78, 5) is 44.8. The average Bonchev–Trinajstić information content (AvgIpc) is 3.24. The second kappa shape index (κ2) is 11.7. The van der Waals surface area contributed by atoms with Crippen molar-refractivity contribution in [2.24, 2.45) is 0 Å². The number of carbonyl (C=O) groups is 3. The Bertz CT molecular complexity index is 1540. The fraction of sp³-hybridized carbons (Fsp3) is 0.265. The van der Waals surface area contributed by atoms with Gasteiger partial charge in [-0.15, -0.1) is 0 Å².